The fraction of sp³-hybridized carbons (Fsp3) is 0.556. The molecule has 0 heterocycles. The fourth-order valence-electron chi connectivity index (χ4n) is 2.97. The van der Waals surface area contributed by atoms with Gasteiger partial charge in [0, 0.05) is 12.3 Å². The summed E-state index contributed by atoms with van der Waals surface area (Å²) >= 11 is 0. The van der Waals surface area contributed by atoms with E-state index in [9.17, 15) is 14.7 Å². The van der Waals surface area contributed by atoms with Crippen molar-refractivity contribution in [3.63, 3.8) is 0 Å². The van der Waals surface area contributed by atoms with E-state index < -0.39 is 17.8 Å². The van der Waals surface area contributed by atoms with Crippen molar-refractivity contribution in [1.82, 2.24) is 0 Å². The van der Waals surface area contributed by atoms with Gasteiger partial charge in [-0.05, 0) is 44.0 Å². The summed E-state index contributed by atoms with van der Waals surface area (Å²) in [6, 6.07) is 7.06. The molecule has 24 heavy (non-hydrogen) atoms. The Hall–Kier alpha value is -2.08. The lowest BCUT2D eigenvalue weighted by atomic mass is 9.78. The van der Waals surface area contributed by atoms with E-state index in [1.54, 1.807) is 24.3 Å². The van der Waals surface area contributed by atoms with Gasteiger partial charge in [-0.3, -0.25) is 9.59 Å². The Labute approximate surface area is 142 Å². The summed E-state index contributed by atoms with van der Waals surface area (Å²) in [7, 11) is 0. The highest BCUT2D eigenvalue weighted by atomic mass is 16.5. The first-order valence-corrected chi connectivity index (χ1v) is 8.46. The Morgan fingerprint density at radius 3 is 2.42 bits per heavy atom. The zero-order valence-corrected chi connectivity index (χ0v) is 14.0. The lowest BCUT2D eigenvalue weighted by Crippen LogP contribution is -2.36. The molecule has 1 aliphatic rings. The van der Waals surface area contributed by atoms with E-state index in [-0.39, 0.29) is 5.91 Å². The van der Waals surface area contributed by atoms with Gasteiger partial charge < -0.3 is 19.9 Å². The van der Waals surface area contributed by atoms with Crippen molar-refractivity contribution in [1.29, 1.82) is 0 Å². The average molecular weight is 335 g/mol. The molecule has 0 saturated heterocycles. The van der Waals surface area contributed by atoms with Crippen molar-refractivity contribution in [3.05, 3.63) is 24.3 Å². The first-order valence-electron chi connectivity index (χ1n) is 8.46. The standard InChI is InChI=1S/C18H25NO5/c1-2-23-11-12-24-14-9-7-13(8-10-14)19-17(20)15-5-3-4-6-16(15)18(21)22/h7-10,15-16H,2-6,11-12H2,1H3,(H,19,20)(H,21,22)/t15-,16+/m0/s1. The predicted molar refractivity (Wildman–Crippen MR) is 90.1 cm³/mol. The Morgan fingerprint density at radius 1 is 1.12 bits per heavy atom. The number of carboxylic acid groups (broad SMARTS) is 1. The van der Waals surface area contributed by atoms with Crippen molar-refractivity contribution in [3.8, 4) is 5.75 Å². The van der Waals surface area contributed by atoms with Gasteiger partial charge in [-0.25, -0.2) is 0 Å². The number of rotatable bonds is 8. The van der Waals surface area contributed by atoms with Gasteiger partial charge in [0.1, 0.15) is 12.4 Å². The molecule has 1 saturated carbocycles. The van der Waals surface area contributed by atoms with Crippen LogP contribution in [-0.4, -0.2) is 36.8 Å². The summed E-state index contributed by atoms with van der Waals surface area (Å²) in [6.45, 7) is 3.60. The quantitative estimate of drug-likeness (QED) is 0.714. The molecule has 0 unspecified atom stereocenters. The number of anilines is 1. The van der Waals surface area contributed by atoms with Gasteiger partial charge in [0.2, 0.25) is 5.91 Å². The van der Waals surface area contributed by atoms with Crippen molar-refractivity contribution in [2.24, 2.45) is 11.8 Å². The van der Waals surface area contributed by atoms with Gasteiger partial charge in [0.05, 0.1) is 18.4 Å². The minimum Gasteiger partial charge on any atom is -0.491 e. The second-order valence-corrected chi connectivity index (χ2v) is 5.89. The van der Waals surface area contributed by atoms with Gasteiger partial charge >= 0.3 is 5.97 Å². The summed E-state index contributed by atoms with van der Waals surface area (Å²) in [4.78, 5) is 23.7. The van der Waals surface area contributed by atoms with Crippen LogP contribution in [0.25, 0.3) is 0 Å². The van der Waals surface area contributed by atoms with Crippen molar-refractivity contribution < 1.29 is 24.2 Å². The normalized spacial score (nSPS) is 20.4. The number of hydrogen-bond acceptors (Lipinski definition) is 4. The van der Waals surface area contributed by atoms with E-state index in [0.717, 1.165) is 12.8 Å². The molecule has 0 aromatic heterocycles. The van der Waals surface area contributed by atoms with Crippen LogP contribution in [-0.2, 0) is 14.3 Å². The zero-order valence-electron chi connectivity index (χ0n) is 14.0. The maximum absolute atomic E-state index is 12.4. The molecule has 1 aliphatic carbocycles. The lowest BCUT2D eigenvalue weighted by molar-refractivity contribution is -0.147. The summed E-state index contributed by atoms with van der Waals surface area (Å²) in [5.74, 6) is -1.44. The van der Waals surface area contributed by atoms with Crippen LogP contribution in [0.5, 0.6) is 5.75 Å². The minimum absolute atomic E-state index is 0.216. The fourth-order valence-corrected chi connectivity index (χ4v) is 2.97. The SMILES string of the molecule is CCOCCOc1ccc(NC(=O)[C@H]2CCCC[C@H]2C(=O)O)cc1. The number of hydrogen-bond donors (Lipinski definition) is 2. The predicted octanol–water partition coefficient (Wildman–Crippen LogP) is 2.93. The molecule has 6 nitrogen and oxygen atoms in total. The van der Waals surface area contributed by atoms with Crippen LogP contribution in [0.1, 0.15) is 32.6 Å². The Kier molecular flexibility index (Phi) is 7.06. The Morgan fingerprint density at radius 2 is 1.79 bits per heavy atom. The highest BCUT2D eigenvalue weighted by Crippen LogP contribution is 2.31. The van der Waals surface area contributed by atoms with Crippen LogP contribution in [0.3, 0.4) is 0 Å². The van der Waals surface area contributed by atoms with Gasteiger partial charge in [-0.1, -0.05) is 12.8 Å². The van der Waals surface area contributed by atoms with Crippen LogP contribution >= 0.6 is 0 Å². The first kappa shape index (κ1) is 18.3. The van der Waals surface area contributed by atoms with Crippen LogP contribution in [0.4, 0.5) is 5.69 Å². The maximum atomic E-state index is 12.4. The monoisotopic (exact) mass is 335 g/mol. The third kappa shape index (κ3) is 5.23. The van der Waals surface area contributed by atoms with E-state index in [4.69, 9.17) is 9.47 Å². The van der Waals surface area contributed by atoms with Gasteiger partial charge in [-0.2, -0.15) is 0 Å². The number of aliphatic carboxylic acids is 1. The van der Waals surface area contributed by atoms with Crippen molar-refractivity contribution in [2.75, 3.05) is 25.1 Å². The summed E-state index contributed by atoms with van der Waals surface area (Å²) in [6.07, 6.45) is 2.96. The summed E-state index contributed by atoms with van der Waals surface area (Å²) in [5, 5.41) is 12.1. The second kappa shape index (κ2) is 9.27. The third-order valence-corrected chi connectivity index (χ3v) is 4.24. The third-order valence-electron chi connectivity index (χ3n) is 4.24. The molecular weight excluding hydrogens is 310 g/mol. The molecule has 1 aromatic carbocycles. The molecule has 132 valence electrons. The number of amides is 1. The molecule has 0 spiro atoms. The summed E-state index contributed by atoms with van der Waals surface area (Å²) < 4.78 is 10.7. The lowest BCUT2D eigenvalue weighted by Gasteiger charge is -2.27. The molecule has 0 bridgehead atoms. The largest absolute Gasteiger partial charge is 0.491 e. The van der Waals surface area contributed by atoms with Gasteiger partial charge in [0.15, 0.2) is 0 Å². The molecular formula is C18H25NO5. The molecule has 2 rings (SSSR count). The molecule has 0 aliphatic heterocycles. The number of carbonyl (C=O) groups is 2. The average Bonchev–Trinajstić information content (AvgIpc) is 2.60. The van der Waals surface area contributed by atoms with Crippen LogP contribution in [0.15, 0.2) is 24.3 Å². The smallest absolute Gasteiger partial charge is 0.307 e. The van der Waals surface area contributed by atoms with E-state index in [1.807, 2.05) is 6.92 Å². The molecule has 6 heteroatoms. The van der Waals surface area contributed by atoms with E-state index in [0.29, 0.717) is 44.1 Å². The molecule has 2 N–H and O–H groups in total. The molecule has 1 fully saturated rings. The van der Waals surface area contributed by atoms with Gasteiger partial charge in [-0.15, -0.1) is 0 Å². The highest BCUT2D eigenvalue weighted by Gasteiger charge is 2.35. The minimum atomic E-state index is -0.882. The van der Waals surface area contributed by atoms with Crippen LogP contribution in [0.2, 0.25) is 0 Å². The molecule has 1 aromatic rings. The molecule has 2 atom stereocenters. The Bertz CT molecular complexity index is 543. The number of nitrogens with one attached hydrogen (secondary N) is 1. The zero-order chi connectivity index (χ0) is 17.4. The van der Waals surface area contributed by atoms with Crippen molar-refractivity contribution >= 4 is 17.6 Å². The number of benzene rings is 1. The van der Waals surface area contributed by atoms with E-state index in [2.05, 4.69) is 5.32 Å². The van der Waals surface area contributed by atoms with E-state index >= 15 is 0 Å². The number of carbonyl (C=O) groups excluding carboxylic acids is 1. The molecule has 0 radical (unpaired) electrons. The van der Waals surface area contributed by atoms with E-state index in [1.165, 1.54) is 0 Å². The van der Waals surface area contributed by atoms with Crippen LogP contribution < -0.4 is 10.1 Å². The summed E-state index contributed by atoms with van der Waals surface area (Å²) in [5.41, 5.74) is 0.645. The topological polar surface area (TPSA) is 84.9 Å². The number of ether oxygens (including phenoxy) is 2. The van der Waals surface area contributed by atoms with Crippen LogP contribution in [0, 0.1) is 11.8 Å². The number of carboxylic acids is 1. The highest BCUT2D eigenvalue weighted by molar-refractivity contribution is 5.95. The molecule has 1 amide bonds. The Balaban J connectivity index is 1.88. The first-order chi connectivity index (χ1) is 11.6. The maximum Gasteiger partial charge on any atom is 0.307 e. The van der Waals surface area contributed by atoms with Crippen molar-refractivity contribution in [2.45, 2.75) is 32.6 Å². The van der Waals surface area contributed by atoms with Gasteiger partial charge in [0.25, 0.3) is 0 Å². The second-order valence-electron chi connectivity index (χ2n) is 5.89.